The molecule has 106 valence electrons. The molecular formula is C17H15ClN2O. The van der Waals surface area contributed by atoms with Gasteiger partial charge < -0.3 is 10.5 Å². The van der Waals surface area contributed by atoms with E-state index in [9.17, 15) is 0 Å². The van der Waals surface area contributed by atoms with Gasteiger partial charge in [0.2, 0.25) is 0 Å². The van der Waals surface area contributed by atoms with Gasteiger partial charge in [0.05, 0.1) is 11.7 Å². The molecule has 4 heteroatoms. The van der Waals surface area contributed by atoms with Gasteiger partial charge in [0, 0.05) is 10.4 Å². The molecule has 0 aliphatic carbocycles. The first-order valence-electron chi connectivity index (χ1n) is 6.77. The zero-order chi connectivity index (χ0) is 14.7. The van der Waals surface area contributed by atoms with Crippen LogP contribution in [0.5, 0.6) is 11.5 Å². The average Bonchev–Trinajstić information content (AvgIpc) is 2.50. The second kappa shape index (κ2) is 6.12. The summed E-state index contributed by atoms with van der Waals surface area (Å²) in [6, 6.07) is 15.5. The number of benzene rings is 2. The standard InChI is InChI=1S/C17H15ClN2O/c18-14-5-6-17(13(9-14)7-8-19)21-15-10-12-3-1-2-4-16(12)20-11-15/h1-6,9-11H,7-8,19H2. The van der Waals surface area contributed by atoms with E-state index in [1.807, 2.05) is 48.5 Å². The highest BCUT2D eigenvalue weighted by Gasteiger charge is 2.06. The third kappa shape index (κ3) is 3.15. The Morgan fingerprint density at radius 2 is 1.95 bits per heavy atom. The molecule has 1 heterocycles. The highest BCUT2D eigenvalue weighted by Crippen LogP contribution is 2.29. The Morgan fingerprint density at radius 1 is 1.10 bits per heavy atom. The summed E-state index contributed by atoms with van der Waals surface area (Å²) < 4.78 is 5.95. The maximum Gasteiger partial charge on any atom is 0.146 e. The summed E-state index contributed by atoms with van der Waals surface area (Å²) in [5.74, 6) is 1.47. The van der Waals surface area contributed by atoms with E-state index in [1.165, 1.54) is 0 Å². The fourth-order valence-electron chi connectivity index (χ4n) is 2.23. The zero-order valence-electron chi connectivity index (χ0n) is 11.4. The second-order valence-corrected chi connectivity index (χ2v) is 5.19. The van der Waals surface area contributed by atoms with E-state index in [2.05, 4.69) is 4.98 Å². The van der Waals surface area contributed by atoms with E-state index in [0.29, 0.717) is 17.3 Å². The van der Waals surface area contributed by atoms with Gasteiger partial charge in [0.15, 0.2) is 0 Å². The first kappa shape index (κ1) is 13.9. The molecule has 0 saturated heterocycles. The molecule has 2 N–H and O–H groups in total. The number of nitrogens with two attached hydrogens (primary N) is 1. The molecule has 0 aliphatic rings. The van der Waals surface area contributed by atoms with Crippen molar-refractivity contribution >= 4 is 22.5 Å². The fraction of sp³-hybridized carbons (Fsp3) is 0.118. The van der Waals surface area contributed by atoms with Crippen molar-refractivity contribution < 1.29 is 4.74 Å². The van der Waals surface area contributed by atoms with Crippen LogP contribution in [0.4, 0.5) is 0 Å². The van der Waals surface area contributed by atoms with Crippen LogP contribution in [0.25, 0.3) is 10.9 Å². The van der Waals surface area contributed by atoms with Crippen LogP contribution >= 0.6 is 11.6 Å². The molecule has 0 aliphatic heterocycles. The normalized spacial score (nSPS) is 10.8. The smallest absolute Gasteiger partial charge is 0.146 e. The Kier molecular flexibility index (Phi) is 4.04. The fourth-order valence-corrected chi connectivity index (χ4v) is 2.43. The number of hydrogen-bond acceptors (Lipinski definition) is 3. The molecule has 3 rings (SSSR count). The number of aromatic nitrogens is 1. The van der Waals surface area contributed by atoms with Gasteiger partial charge in [0.1, 0.15) is 11.5 Å². The summed E-state index contributed by atoms with van der Waals surface area (Å²) in [6.45, 7) is 0.548. The van der Waals surface area contributed by atoms with E-state index in [-0.39, 0.29) is 0 Å². The van der Waals surface area contributed by atoms with E-state index < -0.39 is 0 Å². The number of fused-ring (bicyclic) bond motifs is 1. The maximum atomic E-state index is 6.02. The number of halogens is 1. The van der Waals surface area contributed by atoms with Crippen molar-refractivity contribution in [3.63, 3.8) is 0 Å². The van der Waals surface area contributed by atoms with E-state index in [0.717, 1.165) is 28.6 Å². The van der Waals surface area contributed by atoms with Gasteiger partial charge in [0.25, 0.3) is 0 Å². The molecule has 3 aromatic rings. The first-order valence-corrected chi connectivity index (χ1v) is 7.15. The topological polar surface area (TPSA) is 48.1 Å². The van der Waals surface area contributed by atoms with Crippen molar-refractivity contribution in [2.24, 2.45) is 5.73 Å². The summed E-state index contributed by atoms with van der Waals surface area (Å²) in [5.41, 5.74) is 7.58. The van der Waals surface area contributed by atoms with Crippen LogP contribution in [-0.4, -0.2) is 11.5 Å². The van der Waals surface area contributed by atoms with Gasteiger partial charge in [-0.3, -0.25) is 4.98 Å². The summed E-state index contributed by atoms with van der Waals surface area (Å²) in [7, 11) is 0. The van der Waals surface area contributed by atoms with Crippen LogP contribution in [0.2, 0.25) is 5.02 Å². The molecule has 21 heavy (non-hydrogen) atoms. The molecule has 0 radical (unpaired) electrons. The average molecular weight is 299 g/mol. The number of ether oxygens (including phenoxy) is 1. The molecular weight excluding hydrogens is 284 g/mol. The predicted octanol–water partition coefficient (Wildman–Crippen LogP) is 4.18. The highest BCUT2D eigenvalue weighted by molar-refractivity contribution is 6.30. The van der Waals surface area contributed by atoms with Gasteiger partial charge in [-0.15, -0.1) is 0 Å². The second-order valence-electron chi connectivity index (χ2n) is 4.76. The van der Waals surface area contributed by atoms with E-state index in [4.69, 9.17) is 22.1 Å². The summed E-state index contributed by atoms with van der Waals surface area (Å²) in [4.78, 5) is 4.39. The van der Waals surface area contributed by atoms with Crippen molar-refractivity contribution in [2.75, 3.05) is 6.54 Å². The monoisotopic (exact) mass is 298 g/mol. The molecule has 3 nitrogen and oxygen atoms in total. The Hall–Kier alpha value is -2.10. The molecule has 0 fully saturated rings. The third-order valence-electron chi connectivity index (χ3n) is 3.23. The van der Waals surface area contributed by atoms with Crippen molar-refractivity contribution in [3.8, 4) is 11.5 Å². The molecule has 0 amide bonds. The first-order chi connectivity index (χ1) is 10.3. The van der Waals surface area contributed by atoms with Crippen LogP contribution in [0.3, 0.4) is 0 Å². The summed E-state index contributed by atoms with van der Waals surface area (Å²) >= 11 is 6.02. The van der Waals surface area contributed by atoms with E-state index in [1.54, 1.807) is 6.20 Å². The van der Waals surface area contributed by atoms with Crippen LogP contribution in [0.15, 0.2) is 54.7 Å². The predicted molar refractivity (Wildman–Crippen MR) is 86.0 cm³/mol. The van der Waals surface area contributed by atoms with Crippen LogP contribution < -0.4 is 10.5 Å². The Morgan fingerprint density at radius 3 is 2.81 bits per heavy atom. The third-order valence-corrected chi connectivity index (χ3v) is 3.46. The van der Waals surface area contributed by atoms with Gasteiger partial charge in [-0.1, -0.05) is 29.8 Å². The zero-order valence-corrected chi connectivity index (χ0v) is 12.2. The number of rotatable bonds is 4. The lowest BCUT2D eigenvalue weighted by atomic mass is 10.1. The number of nitrogens with zero attached hydrogens (tertiary/aromatic N) is 1. The number of hydrogen-bond donors (Lipinski definition) is 1. The SMILES string of the molecule is NCCc1cc(Cl)ccc1Oc1cnc2ccccc2c1. The van der Waals surface area contributed by atoms with Gasteiger partial charge >= 0.3 is 0 Å². The minimum Gasteiger partial charge on any atom is -0.455 e. The molecule has 0 bridgehead atoms. The summed E-state index contributed by atoms with van der Waals surface area (Å²) in [6.07, 6.45) is 2.44. The van der Waals surface area contributed by atoms with Crippen molar-refractivity contribution in [2.45, 2.75) is 6.42 Å². The minimum atomic E-state index is 0.548. The Labute approximate surface area is 128 Å². The lowest BCUT2D eigenvalue weighted by molar-refractivity contribution is 0.475. The molecule has 0 unspecified atom stereocenters. The molecule has 0 atom stereocenters. The van der Waals surface area contributed by atoms with Crippen molar-refractivity contribution in [3.05, 3.63) is 65.3 Å². The van der Waals surface area contributed by atoms with E-state index >= 15 is 0 Å². The summed E-state index contributed by atoms with van der Waals surface area (Å²) in [5, 5.41) is 1.73. The molecule has 0 saturated carbocycles. The van der Waals surface area contributed by atoms with Crippen LogP contribution in [0.1, 0.15) is 5.56 Å². The number of para-hydroxylation sites is 1. The molecule has 0 spiro atoms. The van der Waals surface area contributed by atoms with Crippen LogP contribution in [-0.2, 0) is 6.42 Å². The van der Waals surface area contributed by atoms with Gasteiger partial charge in [-0.2, -0.15) is 0 Å². The lowest BCUT2D eigenvalue weighted by Gasteiger charge is -2.11. The van der Waals surface area contributed by atoms with Gasteiger partial charge in [-0.05, 0) is 48.9 Å². The molecule has 1 aromatic heterocycles. The quantitative estimate of drug-likeness (QED) is 0.786. The van der Waals surface area contributed by atoms with Crippen LogP contribution in [0, 0.1) is 0 Å². The van der Waals surface area contributed by atoms with Crippen molar-refractivity contribution in [1.82, 2.24) is 4.98 Å². The number of pyridine rings is 1. The lowest BCUT2D eigenvalue weighted by Crippen LogP contribution is -2.04. The largest absolute Gasteiger partial charge is 0.455 e. The molecule has 2 aromatic carbocycles. The minimum absolute atomic E-state index is 0.548. The Bertz CT molecular complexity index is 774. The van der Waals surface area contributed by atoms with Gasteiger partial charge in [-0.25, -0.2) is 0 Å². The maximum absolute atomic E-state index is 6.02. The Balaban J connectivity index is 1.94. The van der Waals surface area contributed by atoms with Crippen molar-refractivity contribution in [1.29, 1.82) is 0 Å². The highest BCUT2D eigenvalue weighted by atomic mass is 35.5.